The average molecular weight is 323 g/mol. The summed E-state index contributed by atoms with van der Waals surface area (Å²) < 4.78 is 5.40. The zero-order valence-electron chi connectivity index (χ0n) is 13.3. The van der Waals surface area contributed by atoms with Crippen LogP contribution >= 0.6 is 0 Å². The van der Waals surface area contributed by atoms with Crippen molar-refractivity contribution >= 4 is 28.4 Å². The molecule has 5 nitrogen and oxygen atoms in total. The van der Waals surface area contributed by atoms with Crippen LogP contribution < -0.4 is 0 Å². The molecule has 2 fully saturated rings. The maximum Gasteiger partial charge on any atom is 0.329 e. The molecule has 2 aliphatic rings. The van der Waals surface area contributed by atoms with Gasteiger partial charge in [-0.2, -0.15) is 0 Å². The molecule has 0 aliphatic carbocycles. The molecule has 2 aromatic rings. The molecule has 0 aromatic heterocycles. The van der Waals surface area contributed by atoms with Crippen LogP contribution in [0, 0.1) is 5.92 Å². The molecule has 24 heavy (non-hydrogen) atoms. The molecule has 3 atom stereocenters. The molecule has 2 heterocycles. The normalized spacial score (nSPS) is 25.5. The molecule has 0 N–H and O–H groups in total. The highest BCUT2D eigenvalue weighted by molar-refractivity contribution is 6.07. The van der Waals surface area contributed by atoms with Crippen molar-refractivity contribution in [3.8, 4) is 0 Å². The first-order valence-corrected chi connectivity index (χ1v) is 8.05. The van der Waals surface area contributed by atoms with Crippen LogP contribution in [0.15, 0.2) is 42.5 Å². The fourth-order valence-electron chi connectivity index (χ4n) is 3.60. The first-order valence-electron chi connectivity index (χ1n) is 8.05. The number of amides is 1. The van der Waals surface area contributed by atoms with Crippen molar-refractivity contribution in [1.82, 2.24) is 4.90 Å². The predicted octanol–water partition coefficient (Wildman–Crippen LogP) is 2.07. The number of hydrogen-bond acceptors (Lipinski definition) is 4. The number of ether oxygens (including phenoxy) is 1. The number of ketones is 1. The van der Waals surface area contributed by atoms with Crippen molar-refractivity contribution in [2.24, 2.45) is 5.92 Å². The number of nitrogens with zero attached hydrogens (tertiary/aromatic N) is 1. The van der Waals surface area contributed by atoms with Gasteiger partial charge in [0.15, 0.2) is 5.78 Å². The van der Waals surface area contributed by atoms with Crippen LogP contribution in [-0.4, -0.2) is 34.6 Å². The standard InChI is InChI=1S/C19H17NO4/c1-11-17(20-15(18(11)22)9-16(20)21)19(23)24-10-12-6-7-13-4-2-3-5-14(13)8-12/h2-8,11,15,17H,9-10H2,1H3/t11?,15-,17?/m0/s1. The third-order valence-corrected chi connectivity index (χ3v) is 4.98. The van der Waals surface area contributed by atoms with Crippen LogP contribution in [0.3, 0.4) is 0 Å². The van der Waals surface area contributed by atoms with Gasteiger partial charge in [0.2, 0.25) is 5.91 Å². The molecule has 4 rings (SSSR count). The van der Waals surface area contributed by atoms with Crippen molar-refractivity contribution < 1.29 is 19.1 Å². The number of carbonyl (C=O) groups is 3. The summed E-state index contributed by atoms with van der Waals surface area (Å²) in [6, 6.07) is 12.6. The van der Waals surface area contributed by atoms with Crippen LogP contribution in [0.25, 0.3) is 10.8 Å². The van der Waals surface area contributed by atoms with Gasteiger partial charge < -0.3 is 9.64 Å². The summed E-state index contributed by atoms with van der Waals surface area (Å²) in [5, 5.41) is 2.20. The van der Waals surface area contributed by atoms with Gasteiger partial charge in [0.1, 0.15) is 18.7 Å². The first kappa shape index (κ1) is 14.9. The zero-order valence-corrected chi connectivity index (χ0v) is 13.3. The van der Waals surface area contributed by atoms with Gasteiger partial charge in [-0.3, -0.25) is 9.59 Å². The minimum absolute atomic E-state index is 0.0396. The van der Waals surface area contributed by atoms with E-state index in [-0.39, 0.29) is 24.7 Å². The van der Waals surface area contributed by atoms with Crippen LogP contribution in [0.5, 0.6) is 0 Å². The second kappa shape index (κ2) is 5.44. The van der Waals surface area contributed by atoms with Gasteiger partial charge in [0.05, 0.1) is 6.42 Å². The molecule has 1 amide bonds. The Kier molecular flexibility index (Phi) is 3.37. The Morgan fingerprint density at radius 3 is 2.67 bits per heavy atom. The van der Waals surface area contributed by atoms with E-state index in [2.05, 4.69) is 0 Å². The van der Waals surface area contributed by atoms with Crippen LogP contribution in [-0.2, 0) is 25.7 Å². The predicted molar refractivity (Wildman–Crippen MR) is 87.0 cm³/mol. The summed E-state index contributed by atoms with van der Waals surface area (Å²) in [7, 11) is 0. The summed E-state index contributed by atoms with van der Waals surface area (Å²) >= 11 is 0. The van der Waals surface area contributed by atoms with E-state index in [0.29, 0.717) is 0 Å². The number of hydrogen-bond donors (Lipinski definition) is 0. The number of benzene rings is 2. The van der Waals surface area contributed by atoms with Crippen molar-refractivity contribution in [3.05, 3.63) is 48.0 Å². The Bertz CT molecular complexity index is 859. The lowest BCUT2D eigenvalue weighted by atomic mass is 9.98. The van der Waals surface area contributed by atoms with Gasteiger partial charge in [-0.15, -0.1) is 0 Å². The molecule has 0 radical (unpaired) electrons. The molecule has 0 saturated carbocycles. The average Bonchev–Trinajstić information content (AvgIpc) is 2.80. The Labute approximate surface area is 139 Å². The van der Waals surface area contributed by atoms with Crippen molar-refractivity contribution in [1.29, 1.82) is 0 Å². The molecule has 0 bridgehead atoms. The molecule has 5 heteroatoms. The fraction of sp³-hybridized carbons (Fsp3) is 0.316. The minimum atomic E-state index is -0.774. The van der Waals surface area contributed by atoms with E-state index in [1.54, 1.807) is 6.92 Å². The van der Waals surface area contributed by atoms with E-state index in [9.17, 15) is 14.4 Å². The van der Waals surface area contributed by atoms with E-state index in [1.165, 1.54) is 4.90 Å². The molecular weight excluding hydrogens is 306 g/mol. The van der Waals surface area contributed by atoms with Crippen molar-refractivity contribution in [2.45, 2.75) is 32.0 Å². The van der Waals surface area contributed by atoms with Crippen LogP contribution in [0.2, 0.25) is 0 Å². The quantitative estimate of drug-likeness (QED) is 0.641. The summed E-state index contributed by atoms with van der Waals surface area (Å²) in [6.07, 6.45) is 0.220. The molecule has 2 aromatic carbocycles. The van der Waals surface area contributed by atoms with Crippen LogP contribution in [0.4, 0.5) is 0 Å². The highest BCUT2D eigenvalue weighted by Gasteiger charge is 2.58. The lowest BCUT2D eigenvalue weighted by molar-refractivity contribution is -0.162. The van der Waals surface area contributed by atoms with Crippen molar-refractivity contribution in [3.63, 3.8) is 0 Å². The second-order valence-electron chi connectivity index (χ2n) is 6.45. The minimum Gasteiger partial charge on any atom is -0.459 e. The monoisotopic (exact) mass is 323 g/mol. The van der Waals surface area contributed by atoms with Crippen molar-refractivity contribution in [2.75, 3.05) is 0 Å². The number of esters is 1. The Hall–Kier alpha value is -2.69. The van der Waals surface area contributed by atoms with E-state index in [0.717, 1.165) is 16.3 Å². The van der Waals surface area contributed by atoms with Gasteiger partial charge >= 0.3 is 5.97 Å². The number of fused-ring (bicyclic) bond motifs is 2. The molecular formula is C19H17NO4. The van der Waals surface area contributed by atoms with Gasteiger partial charge in [-0.1, -0.05) is 43.3 Å². The van der Waals surface area contributed by atoms with Gasteiger partial charge in [-0.25, -0.2) is 4.79 Å². The SMILES string of the molecule is CC1C(=O)[C@@H]2CC(=O)N2C1C(=O)OCc1ccc2ccccc2c1. The third-order valence-electron chi connectivity index (χ3n) is 4.98. The van der Waals surface area contributed by atoms with E-state index in [4.69, 9.17) is 4.74 Å². The molecule has 122 valence electrons. The number of β-lactam (4-membered cyclic amide) rings is 1. The van der Waals surface area contributed by atoms with Gasteiger partial charge in [-0.05, 0) is 22.4 Å². The van der Waals surface area contributed by atoms with E-state index >= 15 is 0 Å². The number of rotatable bonds is 3. The Balaban J connectivity index is 1.48. The zero-order chi connectivity index (χ0) is 16.8. The highest BCUT2D eigenvalue weighted by atomic mass is 16.5. The third kappa shape index (κ3) is 2.19. The summed E-state index contributed by atoms with van der Waals surface area (Å²) in [4.78, 5) is 37.5. The maximum atomic E-state index is 12.4. The van der Waals surface area contributed by atoms with Gasteiger partial charge in [0.25, 0.3) is 0 Å². The Morgan fingerprint density at radius 2 is 1.92 bits per heavy atom. The molecule has 2 saturated heterocycles. The summed E-state index contributed by atoms with van der Waals surface area (Å²) in [5.41, 5.74) is 0.880. The number of Topliss-reactive ketones (excluding diaryl/α,β-unsaturated/α-hetero) is 1. The largest absolute Gasteiger partial charge is 0.459 e. The molecule has 2 unspecified atom stereocenters. The van der Waals surface area contributed by atoms with Crippen LogP contribution in [0.1, 0.15) is 18.9 Å². The topological polar surface area (TPSA) is 63.7 Å². The second-order valence-corrected chi connectivity index (χ2v) is 6.45. The van der Waals surface area contributed by atoms with E-state index < -0.39 is 24.0 Å². The Morgan fingerprint density at radius 1 is 1.17 bits per heavy atom. The smallest absolute Gasteiger partial charge is 0.329 e. The first-order chi connectivity index (χ1) is 11.6. The molecule has 2 aliphatic heterocycles. The molecule has 0 spiro atoms. The summed E-state index contributed by atoms with van der Waals surface area (Å²) in [6.45, 7) is 1.82. The summed E-state index contributed by atoms with van der Waals surface area (Å²) in [5.74, 6) is -1.18. The maximum absolute atomic E-state index is 12.4. The number of carbonyl (C=O) groups excluding carboxylic acids is 3. The fourth-order valence-corrected chi connectivity index (χ4v) is 3.60. The van der Waals surface area contributed by atoms with Gasteiger partial charge in [0, 0.05) is 5.92 Å². The lowest BCUT2D eigenvalue weighted by Gasteiger charge is -2.36. The highest BCUT2D eigenvalue weighted by Crippen LogP contribution is 2.36. The van der Waals surface area contributed by atoms with E-state index in [1.807, 2.05) is 42.5 Å². The lowest BCUT2D eigenvalue weighted by Crippen LogP contribution is -2.56.